The summed E-state index contributed by atoms with van der Waals surface area (Å²) in [5, 5.41) is 0.387. The van der Waals surface area contributed by atoms with Gasteiger partial charge in [-0.05, 0) is 129 Å². The summed E-state index contributed by atoms with van der Waals surface area (Å²) < 4.78 is 216. The minimum atomic E-state index is -5.43. The second kappa shape index (κ2) is 31.5. The number of likely N-dealkylation sites (N-methyl/N-ethyl adjacent to an activating group) is 1. The van der Waals surface area contributed by atoms with Crippen LogP contribution in [-0.4, -0.2) is 197 Å². The standard InChI is InChI=1S/C62H76ClN3O25S5/c1-5-64-49-16-14-45-47(37-43(93(73,74)75)39-51(45)95(79,80)81)58(49)61(2,22-8-36-92(70,71)72)53(64)18-12-41-9-6-10-42(60(41)63)13-19-54-62(3,23-25-86-28-29-88-32-33-90-35-34-89-31-30-87-27-26-85-4)59-48-38-44(94(76,77)78)40-52(96(82,83)84)46(48)15-17-50(59)65(54)24-7-11-57(69)91-66-55(67)20-21-56(66)68/h12-19,37-40H,5-11,20-36H2,1-4H3,(H4-,70,71,72,73,74,75,76,77,78,79,80,81,82,83,84). The van der Waals surface area contributed by atoms with E-state index in [1.165, 1.54) is 18.2 Å². The Labute approximate surface area is 562 Å². The fourth-order valence-corrected chi connectivity index (χ4v) is 16.1. The molecule has 0 spiro atoms. The Bertz CT molecular complexity index is 4420. The first-order chi connectivity index (χ1) is 45.1. The average Bonchev–Trinajstić information content (AvgIpc) is 1.53. The molecule has 4 N–H and O–H groups in total. The van der Waals surface area contributed by atoms with Crippen molar-refractivity contribution >= 4 is 119 Å². The van der Waals surface area contributed by atoms with Gasteiger partial charge >= 0.3 is 5.97 Å². The molecule has 2 atom stereocenters. The van der Waals surface area contributed by atoms with E-state index in [-0.39, 0.29) is 118 Å². The van der Waals surface area contributed by atoms with Gasteiger partial charge in [-0.2, -0.15) is 38.2 Å². The van der Waals surface area contributed by atoms with Crippen molar-refractivity contribution in [2.24, 2.45) is 0 Å². The van der Waals surface area contributed by atoms with Gasteiger partial charge in [0.15, 0.2) is 5.71 Å². The Balaban J connectivity index is 1.18. The summed E-state index contributed by atoms with van der Waals surface area (Å²) >= 11 is 7.42. The molecule has 2 unspecified atom stereocenters. The van der Waals surface area contributed by atoms with Gasteiger partial charge < -0.3 is 42.7 Å². The third-order valence-corrected chi connectivity index (χ3v) is 21.7. The summed E-state index contributed by atoms with van der Waals surface area (Å²) in [6.07, 6.45) is 7.59. The number of methoxy groups -OCH3 is 1. The van der Waals surface area contributed by atoms with Crippen LogP contribution in [0.3, 0.4) is 0 Å². The van der Waals surface area contributed by atoms with Crippen LogP contribution in [0, 0.1) is 0 Å². The second-order valence-corrected chi connectivity index (χ2v) is 30.9. The van der Waals surface area contributed by atoms with E-state index in [1.807, 2.05) is 4.90 Å². The van der Waals surface area contributed by atoms with E-state index in [4.69, 9.17) is 44.9 Å². The average molecular weight is 1460 g/mol. The molecule has 1 fully saturated rings. The molecule has 2 amide bonds. The first kappa shape index (κ1) is 75.8. The number of hydrogen-bond acceptors (Lipinski definition) is 22. The molecule has 34 heteroatoms. The van der Waals surface area contributed by atoms with Crippen molar-refractivity contribution in [3.8, 4) is 0 Å². The molecule has 1 aliphatic carbocycles. The molecule has 4 aromatic carbocycles. The summed E-state index contributed by atoms with van der Waals surface area (Å²) in [5.74, 6) is -2.98. The molecule has 526 valence electrons. The quantitative estimate of drug-likeness (QED) is 0.0156. The van der Waals surface area contributed by atoms with Gasteiger partial charge in [-0.1, -0.05) is 29.8 Å². The van der Waals surface area contributed by atoms with Gasteiger partial charge in [-0.25, -0.2) is 13.2 Å². The molecule has 3 aliphatic heterocycles. The smallest absolute Gasteiger partial charge is 0.333 e. The Kier molecular flexibility index (Phi) is 24.9. The number of carbonyl (C=O) groups excluding carboxylic acids is 3. The highest BCUT2D eigenvalue weighted by molar-refractivity contribution is 7.87. The first-order valence-corrected chi connectivity index (χ1v) is 38.3. The highest BCUT2D eigenvalue weighted by Gasteiger charge is 2.50. The van der Waals surface area contributed by atoms with Crippen LogP contribution in [0.15, 0.2) is 114 Å². The number of benzene rings is 4. The molecule has 0 aromatic heterocycles. The number of imide groups is 1. The number of carbonyl (C=O) groups is 3. The van der Waals surface area contributed by atoms with E-state index in [2.05, 4.69) is 0 Å². The fraction of sp³-hybridized carbons (Fsp3) is 0.484. The number of anilines is 1. The van der Waals surface area contributed by atoms with Crippen molar-refractivity contribution in [1.29, 1.82) is 0 Å². The SMILES string of the molecule is CCN1C(=CC=C2CCCC(C=CC3=[N+](CCCC(=O)ON4C(=O)CCC4=O)c4ccc5c(S(=O)(=O)[O-])cc(S(=O)(=O)O)cc5c4C3(C)CCOCCOCCOCCOCCOCCOC)=C2Cl)C(C)(CCCS(=O)(=O)O)c2c1ccc1c(S(=O)(=O)O)cc(S(=O)(=O)O)cc21. The molecule has 8 rings (SSSR count). The number of amides is 2. The molecular weight excluding hydrogens is 1380 g/mol. The Morgan fingerprint density at radius 1 is 0.635 bits per heavy atom. The van der Waals surface area contributed by atoms with E-state index in [0.29, 0.717) is 121 Å². The van der Waals surface area contributed by atoms with Crippen LogP contribution in [0.1, 0.15) is 96.1 Å². The number of nitrogens with zero attached hydrogens (tertiary/aromatic N) is 3. The molecule has 0 saturated carbocycles. The van der Waals surface area contributed by atoms with Crippen LogP contribution in [0.25, 0.3) is 21.5 Å². The molecule has 96 heavy (non-hydrogen) atoms. The number of fused-ring (bicyclic) bond motifs is 6. The van der Waals surface area contributed by atoms with Crippen molar-refractivity contribution in [2.75, 3.05) is 104 Å². The summed E-state index contributed by atoms with van der Waals surface area (Å²) in [7, 11) is -23.8. The molecule has 0 bridgehead atoms. The molecule has 0 radical (unpaired) electrons. The van der Waals surface area contributed by atoms with Crippen LogP contribution in [0.2, 0.25) is 0 Å². The van der Waals surface area contributed by atoms with Crippen LogP contribution in [-0.2, 0) is 109 Å². The minimum Gasteiger partial charge on any atom is -0.744 e. The maximum absolute atomic E-state index is 13.3. The van der Waals surface area contributed by atoms with Crippen LogP contribution in [0.4, 0.5) is 11.4 Å². The van der Waals surface area contributed by atoms with Crippen molar-refractivity contribution in [2.45, 2.75) is 115 Å². The molecule has 4 aliphatic rings. The fourth-order valence-electron chi connectivity index (χ4n) is 12.6. The van der Waals surface area contributed by atoms with E-state index in [1.54, 1.807) is 62.8 Å². The lowest BCUT2D eigenvalue weighted by Gasteiger charge is -2.30. The van der Waals surface area contributed by atoms with E-state index in [0.717, 1.165) is 12.1 Å². The van der Waals surface area contributed by atoms with Gasteiger partial charge in [-0.3, -0.25) is 27.8 Å². The first-order valence-electron chi connectivity index (χ1n) is 30.5. The Morgan fingerprint density at radius 3 is 1.72 bits per heavy atom. The zero-order valence-corrected chi connectivity index (χ0v) is 57.9. The van der Waals surface area contributed by atoms with Gasteiger partial charge in [0.05, 0.1) is 98.3 Å². The molecule has 1 saturated heterocycles. The van der Waals surface area contributed by atoms with Gasteiger partial charge in [0.1, 0.15) is 21.6 Å². The number of rotatable bonds is 35. The van der Waals surface area contributed by atoms with E-state index in [9.17, 15) is 79.2 Å². The van der Waals surface area contributed by atoms with Gasteiger partial charge in [0.25, 0.3) is 52.3 Å². The van der Waals surface area contributed by atoms with Gasteiger partial charge in [0, 0.05) is 89.8 Å². The minimum absolute atomic E-state index is 0.000140. The lowest BCUT2D eigenvalue weighted by Crippen LogP contribution is -2.34. The topological polar surface area (TPSA) is 400 Å². The summed E-state index contributed by atoms with van der Waals surface area (Å²) in [6.45, 7) is 8.58. The van der Waals surface area contributed by atoms with Crippen molar-refractivity contribution < 1.29 is 117 Å². The Morgan fingerprint density at radius 2 is 1.18 bits per heavy atom. The zero-order chi connectivity index (χ0) is 70.2. The highest BCUT2D eigenvalue weighted by Crippen LogP contribution is 2.55. The zero-order valence-electron chi connectivity index (χ0n) is 53.0. The van der Waals surface area contributed by atoms with Crippen LogP contribution >= 0.6 is 11.6 Å². The lowest BCUT2D eigenvalue weighted by atomic mass is 9.74. The highest BCUT2D eigenvalue weighted by atomic mass is 35.5. The van der Waals surface area contributed by atoms with Crippen LogP contribution in [0.5, 0.6) is 0 Å². The molecule has 28 nitrogen and oxygen atoms in total. The summed E-state index contributed by atoms with van der Waals surface area (Å²) in [4.78, 5) is 41.6. The largest absolute Gasteiger partial charge is 0.744 e. The predicted molar refractivity (Wildman–Crippen MR) is 348 cm³/mol. The monoisotopic (exact) mass is 1460 g/mol. The molecule has 4 aromatic rings. The third-order valence-electron chi connectivity index (χ3n) is 17.0. The van der Waals surface area contributed by atoms with Crippen molar-refractivity contribution in [3.63, 3.8) is 0 Å². The lowest BCUT2D eigenvalue weighted by molar-refractivity contribution is -0.438. The van der Waals surface area contributed by atoms with Crippen LogP contribution < -0.4 is 4.90 Å². The van der Waals surface area contributed by atoms with E-state index < -0.39 is 105 Å². The number of hydroxylamine groups is 2. The second-order valence-electron chi connectivity index (χ2n) is 23.4. The number of allylic oxidation sites excluding steroid dienone is 8. The Hall–Kier alpha value is -5.96. The maximum Gasteiger partial charge on any atom is 0.333 e. The third kappa shape index (κ3) is 17.9. The predicted octanol–water partition coefficient (Wildman–Crippen LogP) is 7.01. The normalized spacial score (nSPS) is 19.8. The van der Waals surface area contributed by atoms with Gasteiger partial charge in [-0.15, -0.1) is 5.06 Å². The summed E-state index contributed by atoms with van der Waals surface area (Å²) in [5.41, 5.74) is 0.973. The number of halogens is 1. The van der Waals surface area contributed by atoms with Crippen molar-refractivity contribution in [3.05, 3.63) is 106 Å². The molecular formula is C62H76ClN3O25S5. The molecule has 3 heterocycles. The van der Waals surface area contributed by atoms with E-state index >= 15 is 0 Å². The van der Waals surface area contributed by atoms with Gasteiger partial charge in [0.2, 0.25) is 5.69 Å². The maximum atomic E-state index is 13.3. The summed E-state index contributed by atoms with van der Waals surface area (Å²) in [6, 6.07) is 9.12. The number of ether oxygens (including phenoxy) is 6. The number of hydrogen-bond donors (Lipinski definition) is 4. The van der Waals surface area contributed by atoms with Crippen molar-refractivity contribution in [1.82, 2.24) is 5.06 Å².